The van der Waals surface area contributed by atoms with Gasteiger partial charge in [-0.2, -0.15) is 0 Å². The Bertz CT molecular complexity index is 436. The van der Waals surface area contributed by atoms with Crippen molar-refractivity contribution in [2.75, 3.05) is 19.4 Å². The second kappa shape index (κ2) is 7.47. The van der Waals surface area contributed by atoms with Crippen molar-refractivity contribution in [2.24, 2.45) is 0 Å². The Hall–Kier alpha value is -0.960. The fraction of sp³-hybridized carbons (Fsp3) is 0.462. The molecule has 0 aliphatic carbocycles. The molecule has 0 fully saturated rings. The minimum absolute atomic E-state index is 0.268. The first-order chi connectivity index (χ1) is 8.59. The molecular weight excluding hydrogens is 249 g/mol. The summed E-state index contributed by atoms with van der Waals surface area (Å²) in [5, 5.41) is 0. The zero-order valence-electron chi connectivity index (χ0n) is 11.1. The standard InChI is InChI=1S/C13H20NO3P/c1-4-16-18(15,17-5-2)11-7-10-13-9-6-8-12(3)14-13/h6-10H,4-5,11H2,1-3H3. The van der Waals surface area contributed by atoms with E-state index in [9.17, 15) is 4.57 Å². The molecule has 0 unspecified atom stereocenters. The number of aromatic nitrogens is 1. The summed E-state index contributed by atoms with van der Waals surface area (Å²) in [6.07, 6.45) is 3.88. The fourth-order valence-electron chi connectivity index (χ4n) is 1.50. The molecule has 4 nitrogen and oxygen atoms in total. The quantitative estimate of drug-likeness (QED) is 0.709. The maximum atomic E-state index is 12.2. The van der Waals surface area contributed by atoms with Crippen LogP contribution >= 0.6 is 7.60 Å². The molecule has 0 bridgehead atoms. The van der Waals surface area contributed by atoms with Gasteiger partial charge in [0.1, 0.15) is 0 Å². The molecular formula is C13H20NO3P. The van der Waals surface area contributed by atoms with E-state index >= 15 is 0 Å². The van der Waals surface area contributed by atoms with E-state index in [4.69, 9.17) is 9.05 Å². The van der Waals surface area contributed by atoms with Crippen LogP contribution in [0.15, 0.2) is 24.3 Å². The van der Waals surface area contributed by atoms with E-state index in [0.717, 1.165) is 11.4 Å². The summed E-state index contributed by atoms with van der Waals surface area (Å²) in [4.78, 5) is 4.33. The highest BCUT2D eigenvalue weighted by Gasteiger charge is 2.20. The first-order valence-electron chi connectivity index (χ1n) is 6.08. The number of pyridine rings is 1. The first-order valence-corrected chi connectivity index (χ1v) is 7.80. The number of allylic oxidation sites excluding steroid dienone is 1. The molecule has 0 spiro atoms. The van der Waals surface area contributed by atoms with Gasteiger partial charge in [-0.15, -0.1) is 0 Å². The summed E-state index contributed by atoms with van der Waals surface area (Å²) in [5.74, 6) is 0. The third kappa shape index (κ3) is 5.13. The molecule has 0 amide bonds. The van der Waals surface area contributed by atoms with Crippen molar-refractivity contribution in [2.45, 2.75) is 20.8 Å². The third-order valence-corrected chi connectivity index (χ3v) is 4.14. The highest BCUT2D eigenvalue weighted by atomic mass is 31.2. The Labute approximate surface area is 109 Å². The van der Waals surface area contributed by atoms with Gasteiger partial charge < -0.3 is 9.05 Å². The maximum Gasteiger partial charge on any atom is 0.334 e. The van der Waals surface area contributed by atoms with Crippen LogP contribution in [0, 0.1) is 6.92 Å². The van der Waals surface area contributed by atoms with Gasteiger partial charge >= 0.3 is 7.60 Å². The number of hydrogen-bond acceptors (Lipinski definition) is 4. The Morgan fingerprint density at radius 1 is 1.28 bits per heavy atom. The average molecular weight is 269 g/mol. The predicted molar refractivity (Wildman–Crippen MR) is 73.7 cm³/mol. The van der Waals surface area contributed by atoms with Gasteiger partial charge in [0, 0.05) is 5.69 Å². The van der Waals surface area contributed by atoms with E-state index in [0.29, 0.717) is 13.2 Å². The predicted octanol–water partition coefficient (Wildman–Crippen LogP) is 3.67. The second-order valence-corrected chi connectivity index (χ2v) is 5.84. The monoisotopic (exact) mass is 269 g/mol. The average Bonchev–Trinajstić information content (AvgIpc) is 2.29. The highest BCUT2D eigenvalue weighted by Crippen LogP contribution is 2.47. The van der Waals surface area contributed by atoms with Gasteiger partial charge in [-0.25, -0.2) is 0 Å². The largest absolute Gasteiger partial charge is 0.334 e. The van der Waals surface area contributed by atoms with E-state index in [1.807, 2.05) is 31.2 Å². The van der Waals surface area contributed by atoms with Crippen molar-refractivity contribution < 1.29 is 13.6 Å². The van der Waals surface area contributed by atoms with Crippen LogP contribution in [0.4, 0.5) is 0 Å². The van der Waals surface area contributed by atoms with Gasteiger partial charge in [-0.3, -0.25) is 9.55 Å². The lowest BCUT2D eigenvalue weighted by Crippen LogP contribution is -1.98. The van der Waals surface area contributed by atoms with Crippen LogP contribution in [0.2, 0.25) is 0 Å². The van der Waals surface area contributed by atoms with Gasteiger partial charge in [0.15, 0.2) is 0 Å². The number of rotatable bonds is 7. The topological polar surface area (TPSA) is 48.4 Å². The minimum atomic E-state index is -2.98. The fourth-order valence-corrected chi connectivity index (χ4v) is 2.93. The van der Waals surface area contributed by atoms with E-state index in [1.165, 1.54) is 0 Å². The van der Waals surface area contributed by atoms with Crippen LogP contribution in [0.5, 0.6) is 0 Å². The van der Waals surface area contributed by atoms with E-state index in [2.05, 4.69) is 4.98 Å². The number of hydrogen-bond donors (Lipinski definition) is 0. The molecule has 0 saturated heterocycles. The van der Waals surface area contributed by atoms with Gasteiger partial charge in [-0.05, 0) is 39.0 Å². The van der Waals surface area contributed by atoms with Crippen LogP contribution in [0.25, 0.3) is 6.08 Å². The summed E-state index contributed by atoms with van der Waals surface area (Å²) in [5.41, 5.74) is 1.80. The summed E-state index contributed by atoms with van der Waals surface area (Å²) in [6.45, 7) is 6.30. The van der Waals surface area contributed by atoms with Crippen molar-refractivity contribution in [1.82, 2.24) is 4.98 Å². The van der Waals surface area contributed by atoms with Crippen molar-refractivity contribution in [3.05, 3.63) is 35.7 Å². The SMILES string of the molecule is CCOP(=O)(CC=Cc1cccc(C)n1)OCC. The Morgan fingerprint density at radius 3 is 2.50 bits per heavy atom. The van der Waals surface area contributed by atoms with Crippen LogP contribution in [-0.2, 0) is 13.6 Å². The second-order valence-electron chi connectivity index (χ2n) is 3.74. The molecule has 0 aromatic carbocycles. The molecule has 0 saturated carbocycles. The zero-order valence-corrected chi connectivity index (χ0v) is 12.0. The van der Waals surface area contributed by atoms with Crippen molar-refractivity contribution in [3.63, 3.8) is 0 Å². The van der Waals surface area contributed by atoms with Gasteiger partial charge in [0.25, 0.3) is 0 Å². The molecule has 18 heavy (non-hydrogen) atoms. The number of nitrogens with zero attached hydrogens (tertiary/aromatic N) is 1. The Morgan fingerprint density at radius 2 is 1.94 bits per heavy atom. The Kier molecular flexibility index (Phi) is 6.27. The molecule has 0 aliphatic rings. The van der Waals surface area contributed by atoms with Gasteiger partial charge in [0.2, 0.25) is 0 Å². The molecule has 5 heteroatoms. The van der Waals surface area contributed by atoms with Crippen molar-refractivity contribution in [3.8, 4) is 0 Å². The zero-order chi connectivity index (χ0) is 13.4. The van der Waals surface area contributed by atoms with Crippen LogP contribution in [0.3, 0.4) is 0 Å². The minimum Gasteiger partial charge on any atom is -0.309 e. The lowest BCUT2D eigenvalue weighted by Gasteiger charge is -2.14. The van der Waals surface area contributed by atoms with Crippen LogP contribution < -0.4 is 0 Å². The van der Waals surface area contributed by atoms with E-state index in [-0.39, 0.29) is 6.16 Å². The molecule has 1 aromatic rings. The maximum absolute atomic E-state index is 12.2. The smallest absolute Gasteiger partial charge is 0.309 e. The molecule has 1 heterocycles. The highest BCUT2D eigenvalue weighted by molar-refractivity contribution is 7.54. The molecule has 0 N–H and O–H groups in total. The molecule has 0 aliphatic heterocycles. The molecule has 100 valence electrons. The van der Waals surface area contributed by atoms with E-state index < -0.39 is 7.60 Å². The van der Waals surface area contributed by atoms with Crippen molar-refractivity contribution in [1.29, 1.82) is 0 Å². The van der Waals surface area contributed by atoms with Crippen LogP contribution in [-0.4, -0.2) is 24.4 Å². The lowest BCUT2D eigenvalue weighted by atomic mass is 10.3. The summed E-state index contributed by atoms with van der Waals surface area (Å²) < 4.78 is 22.5. The first kappa shape index (κ1) is 15.1. The summed E-state index contributed by atoms with van der Waals surface area (Å²) in [7, 11) is -2.98. The molecule has 1 rings (SSSR count). The van der Waals surface area contributed by atoms with Crippen molar-refractivity contribution >= 4 is 13.7 Å². The molecule has 1 aromatic heterocycles. The number of aryl methyl sites for hydroxylation is 1. The van der Waals surface area contributed by atoms with Gasteiger partial charge in [-0.1, -0.05) is 12.1 Å². The summed E-state index contributed by atoms with van der Waals surface area (Å²) in [6, 6.07) is 5.77. The lowest BCUT2D eigenvalue weighted by molar-refractivity contribution is 0.222. The van der Waals surface area contributed by atoms with Crippen LogP contribution in [0.1, 0.15) is 25.2 Å². The molecule has 0 radical (unpaired) electrons. The Balaban J connectivity index is 2.64. The molecule has 0 atom stereocenters. The normalized spacial score (nSPS) is 12.2. The van der Waals surface area contributed by atoms with E-state index in [1.54, 1.807) is 19.9 Å². The summed E-state index contributed by atoms with van der Waals surface area (Å²) >= 11 is 0. The third-order valence-electron chi connectivity index (χ3n) is 2.18. The van der Waals surface area contributed by atoms with Gasteiger partial charge in [0.05, 0.1) is 25.1 Å².